The van der Waals surface area contributed by atoms with Crippen molar-refractivity contribution in [1.29, 1.82) is 0 Å². The first-order valence-electron chi connectivity index (χ1n) is 6.65. The zero-order chi connectivity index (χ0) is 15.3. The SMILES string of the molecule is CCNS(=O)(=O)c1ccc(NC(C)c2cnccn2)cc1. The van der Waals surface area contributed by atoms with Gasteiger partial charge >= 0.3 is 0 Å². The molecule has 0 saturated carbocycles. The van der Waals surface area contributed by atoms with Crippen LogP contribution in [-0.2, 0) is 10.0 Å². The summed E-state index contributed by atoms with van der Waals surface area (Å²) in [5.41, 5.74) is 1.64. The second-order valence-electron chi connectivity index (χ2n) is 4.52. The van der Waals surface area contributed by atoms with Crippen LogP contribution in [0.4, 0.5) is 5.69 Å². The average Bonchev–Trinajstić information content (AvgIpc) is 2.48. The predicted molar refractivity (Wildman–Crippen MR) is 81.4 cm³/mol. The van der Waals surface area contributed by atoms with Gasteiger partial charge in [0.2, 0.25) is 10.0 Å². The van der Waals surface area contributed by atoms with Crippen LogP contribution in [0.15, 0.2) is 47.8 Å². The highest BCUT2D eigenvalue weighted by Crippen LogP contribution is 2.19. The van der Waals surface area contributed by atoms with Crippen LogP contribution < -0.4 is 10.0 Å². The van der Waals surface area contributed by atoms with Crippen molar-refractivity contribution in [2.24, 2.45) is 0 Å². The molecule has 1 aromatic heterocycles. The standard InChI is InChI=1S/C14H18N4O2S/c1-3-17-21(19,20)13-6-4-12(5-7-13)18-11(2)14-10-15-8-9-16-14/h4-11,17-18H,3H2,1-2H3. The molecule has 2 aromatic rings. The minimum atomic E-state index is -3.41. The van der Waals surface area contributed by atoms with Gasteiger partial charge < -0.3 is 5.32 Å². The number of anilines is 1. The third kappa shape index (κ3) is 3.99. The van der Waals surface area contributed by atoms with E-state index in [1.807, 2.05) is 6.92 Å². The number of hydrogen-bond donors (Lipinski definition) is 2. The lowest BCUT2D eigenvalue weighted by atomic mass is 10.2. The molecule has 7 heteroatoms. The molecule has 0 spiro atoms. The Morgan fingerprint density at radius 3 is 2.48 bits per heavy atom. The summed E-state index contributed by atoms with van der Waals surface area (Å²) in [5, 5.41) is 3.25. The van der Waals surface area contributed by atoms with E-state index in [0.717, 1.165) is 11.4 Å². The van der Waals surface area contributed by atoms with E-state index < -0.39 is 10.0 Å². The molecule has 0 radical (unpaired) electrons. The van der Waals surface area contributed by atoms with E-state index in [2.05, 4.69) is 20.0 Å². The molecule has 1 heterocycles. The molecule has 0 saturated heterocycles. The van der Waals surface area contributed by atoms with Crippen molar-refractivity contribution in [3.63, 3.8) is 0 Å². The van der Waals surface area contributed by atoms with E-state index in [4.69, 9.17) is 0 Å². The Hall–Kier alpha value is -1.99. The van der Waals surface area contributed by atoms with Gasteiger partial charge in [-0.15, -0.1) is 0 Å². The average molecular weight is 306 g/mol. The first kappa shape index (κ1) is 15.4. The number of nitrogens with one attached hydrogen (secondary N) is 2. The minimum absolute atomic E-state index is 0.0186. The molecule has 0 bridgehead atoms. The van der Waals surface area contributed by atoms with Crippen molar-refractivity contribution in [2.45, 2.75) is 24.8 Å². The Balaban J connectivity index is 2.10. The summed E-state index contributed by atoms with van der Waals surface area (Å²) in [6.07, 6.45) is 4.96. The van der Waals surface area contributed by atoms with Gasteiger partial charge in [0.25, 0.3) is 0 Å². The van der Waals surface area contributed by atoms with Gasteiger partial charge in [-0.25, -0.2) is 13.1 Å². The van der Waals surface area contributed by atoms with Crippen LogP contribution in [0, 0.1) is 0 Å². The molecule has 6 nitrogen and oxygen atoms in total. The summed E-state index contributed by atoms with van der Waals surface area (Å²) in [6, 6.07) is 6.59. The highest BCUT2D eigenvalue weighted by Gasteiger charge is 2.12. The zero-order valence-corrected chi connectivity index (χ0v) is 12.8. The van der Waals surface area contributed by atoms with E-state index in [0.29, 0.717) is 6.54 Å². The van der Waals surface area contributed by atoms with E-state index in [-0.39, 0.29) is 10.9 Å². The fraction of sp³-hybridized carbons (Fsp3) is 0.286. The van der Waals surface area contributed by atoms with Gasteiger partial charge in [-0.3, -0.25) is 9.97 Å². The molecule has 1 atom stereocenters. The number of benzene rings is 1. The van der Waals surface area contributed by atoms with Crippen LogP contribution in [0.2, 0.25) is 0 Å². The maximum atomic E-state index is 11.8. The molecule has 1 unspecified atom stereocenters. The summed E-state index contributed by atoms with van der Waals surface area (Å²) < 4.78 is 26.1. The molecule has 0 fully saturated rings. The molecular weight excluding hydrogens is 288 g/mol. The number of nitrogens with zero attached hydrogens (tertiary/aromatic N) is 2. The molecule has 0 aliphatic heterocycles. The molecule has 2 N–H and O–H groups in total. The molecule has 21 heavy (non-hydrogen) atoms. The van der Waals surface area contributed by atoms with Crippen molar-refractivity contribution < 1.29 is 8.42 Å². The lowest BCUT2D eigenvalue weighted by molar-refractivity contribution is 0.584. The van der Waals surface area contributed by atoms with Gasteiger partial charge in [-0.2, -0.15) is 0 Å². The summed E-state index contributed by atoms with van der Waals surface area (Å²) in [7, 11) is -3.41. The molecule has 112 valence electrons. The normalized spacial score (nSPS) is 12.9. The number of rotatable bonds is 6. The van der Waals surface area contributed by atoms with Crippen molar-refractivity contribution >= 4 is 15.7 Å². The largest absolute Gasteiger partial charge is 0.377 e. The summed E-state index contributed by atoms with van der Waals surface area (Å²) in [5.74, 6) is 0. The van der Waals surface area contributed by atoms with Gasteiger partial charge in [-0.1, -0.05) is 6.92 Å². The second-order valence-corrected chi connectivity index (χ2v) is 6.29. The van der Waals surface area contributed by atoms with Crippen LogP contribution in [0.5, 0.6) is 0 Å². The van der Waals surface area contributed by atoms with Crippen LogP contribution in [0.25, 0.3) is 0 Å². The second kappa shape index (κ2) is 6.64. The third-order valence-electron chi connectivity index (χ3n) is 2.91. The van der Waals surface area contributed by atoms with Gasteiger partial charge in [-0.05, 0) is 31.2 Å². The van der Waals surface area contributed by atoms with Crippen LogP contribution >= 0.6 is 0 Å². The Kier molecular flexibility index (Phi) is 4.87. The topological polar surface area (TPSA) is 84.0 Å². The molecule has 2 rings (SSSR count). The van der Waals surface area contributed by atoms with Crippen molar-refractivity contribution in [2.75, 3.05) is 11.9 Å². The maximum absolute atomic E-state index is 11.8. The first-order valence-corrected chi connectivity index (χ1v) is 8.13. The van der Waals surface area contributed by atoms with Gasteiger partial charge in [0, 0.05) is 24.6 Å². The maximum Gasteiger partial charge on any atom is 0.240 e. The van der Waals surface area contributed by atoms with Gasteiger partial charge in [0.05, 0.1) is 22.8 Å². The van der Waals surface area contributed by atoms with E-state index >= 15 is 0 Å². The van der Waals surface area contributed by atoms with Gasteiger partial charge in [0.1, 0.15) is 0 Å². The highest BCUT2D eigenvalue weighted by atomic mass is 32.2. The van der Waals surface area contributed by atoms with Crippen LogP contribution in [-0.4, -0.2) is 24.9 Å². The lowest BCUT2D eigenvalue weighted by Crippen LogP contribution is -2.23. The van der Waals surface area contributed by atoms with E-state index in [9.17, 15) is 8.42 Å². The summed E-state index contributed by atoms with van der Waals surface area (Å²) >= 11 is 0. The van der Waals surface area contributed by atoms with E-state index in [1.165, 1.54) is 0 Å². The molecule has 0 aliphatic rings. The van der Waals surface area contributed by atoms with Crippen molar-refractivity contribution in [3.05, 3.63) is 48.5 Å². The number of hydrogen-bond acceptors (Lipinski definition) is 5. The quantitative estimate of drug-likeness (QED) is 0.852. The van der Waals surface area contributed by atoms with Crippen molar-refractivity contribution in [1.82, 2.24) is 14.7 Å². The minimum Gasteiger partial charge on any atom is -0.377 e. The van der Waals surface area contributed by atoms with Crippen LogP contribution in [0.3, 0.4) is 0 Å². The number of sulfonamides is 1. The smallest absolute Gasteiger partial charge is 0.240 e. The Labute approximate surface area is 124 Å². The fourth-order valence-electron chi connectivity index (χ4n) is 1.86. The summed E-state index contributed by atoms with van der Waals surface area (Å²) in [6.45, 7) is 4.08. The van der Waals surface area contributed by atoms with Crippen molar-refractivity contribution in [3.8, 4) is 0 Å². The van der Waals surface area contributed by atoms with E-state index in [1.54, 1.807) is 49.8 Å². The summed E-state index contributed by atoms with van der Waals surface area (Å²) in [4.78, 5) is 8.50. The number of aromatic nitrogens is 2. The van der Waals surface area contributed by atoms with Gasteiger partial charge in [0.15, 0.2) is 0 Å². The molecule has 1 aromatic carbocycles. The Morgan fingerprint density at radius 2 is 1.90 bits per heavy atom. The lowest BCUT2D eigenvalue weighted by Gasteiger charge is -2.14. The monoisotopic (exact) mass is 306 g/mol. The molecule has 0 aliphatic carbocycles. The first-order chi connectivity index (χ1) is 10.0. The van der Waals surface area contributed by atoms with Crippen LogP contribution in [0.1, 0.15) is 25.6 Å². The Morgan fingerprint density at radius 1 is 1.19 bits per heavy atom. The molecular formula is C14H18N4O2S. The third-order valence-corrected chi connectivity index (χ3v) is 4.47. The fourth-order valence-corrected chi connectivity index (χ4v) is 2.90. The zero-order valence-electron chi connectivity index (χ0n) is 11.9. The highest BCUT2D eigenvalue weighted by molar-refractivity contribution is 7.89. The Bertz CT molecular complexity index is 672. The predicted octanol–water partition coefficient (Wildman–Crippen LogP) is 1.95. The molecule has 0 amide bonds.